The number of nitrogens with zero attached hydrogens (tertiary/aromatic N) is 3. The van der Waals surface area contributed by atoms with Gasteiger partial charge in [-0.3, -0.25) is 4.98 Å². The largest absolute Gasteiger partial charge is 0.264 e. The molecule has 0 amide bonds. The van der Waals surface area contributed by atoms with Crippen LogP contribution >= 0.6 is 23.2 Å². The smallest absolute Gasteiger partial charge is 0.243 e. The molecular weight excluding hydrogens is 381 g/mol. The summed E-state index contributed by atoms with van der Waals surface area (Å²) >= 11 is 12.2. The number of halogens is 2. The lowest BCUT2D eigenvalue weighted by molar-refractivity contribution is 0.423. The average molecular weight is 396 g/mol. The summed E-state index contributed by atoms with van der Waals surface area (Å²) in [6, 6.07) is 8.31. The summed E-state index contributed by atoms with van der Waals surface area (Å²) in [5.41, 5.74) is 0.816. The van der Waals surface area contributed by atoms with E-state index in [0.29, 0.717) is 22.3 Å². The third-order valence-corrected chi connectivity index (χ3v) is 6.35. The van der Waals surface area contributed by atoms with Gasteiger partial charge in [0.2, 0.25) is 10.0 Å². The summed E-state index contributed by atoms with van der Waals surface area (Å²) in [5.74, 6) is 0. The molecule has 0 atom stereocenters. The van der Waals surface area contributed by atoms with Crippen LogP contribution in [0.2, 0.25) is 10.2 Å². The zero-order chi connectivity index (χ0) is 18.0. The lowest BCUT2D eigenvalue weighted by Gasteiger charge is -2.21. The van der Waals surface area contributed by atoms with E-state index in [0.717, 1.165) is 5.56 Å². The van der Waals surface area contributed by atoms with Crippen LogP contribution in [0, 0.1) is 0 Å². The molecule has 0 radical (unpaired) electrons. The van der Waals surface area contributed by atoms with Crippen LogP contribution in [0.1, 0.15) is 12.5 Å². The summed E-state index contributed by atoms with van der Waals surface area (Å²) in [5, 5.41) is 1.81. The van der Waals surface area contributed by atoms with Crippen molar-refractivity contribution >= 4 is 44.0 Å². The van der Waals surface area contributed by atoms with Gasteiger partial charge in [0.15, 0.2) is 0 Å². The van der Waals surface area contributed by atoms with Gasteiger partial charge in [0.1, 0.15) is 5.15 Å². The molecule has 0 N–H and O–H groups in total. The van der Waals surface area contributed by atoms with Gasteiger partial charge in [-0.1, -0.05) is 42.3 Å². The molecule has 1 aromatic carbocycles. The maximum absolute atomic E-state index is 13.0. The van der Waals surface area contributed by atoms with Crippen molar-refractivity contribution in [2.24, 2.45) is 0 Å². The standard InChI is InChI=1S/C17H15Cl2N3O2S/c1-2-22(11-12-4-3-7-20-9-12)25(23,24)13-5-6-14-15(8-13)17(19)21-10-16(14)18/h3-10H,2,11H2,1H3. The molecule has 130 valence electrons. The van der Waals surface area contributed by atoms with Gasteiger partial charge in [-0.25, -0.2) is 13.4 Å². The Kier molecular flexibility index (Phi) is 5.24. The van der Waals surface area contributed by atoms with E-state index in [4.69, 9.17) is 23.2 Å². The van der Waals surface area contributed by atoms with E-state index in [9.17, 15) is 8.42 Å². The van der Waals surface area contributed by atoms with Gasteiger partial charge in [0.05, 0.1) is 9.92 Å². The fourth-order valence-corrected chi connectivity index (χ4v) is 4.41. The highest BCUT2D eigenvalue weighted by Crippen LogP contribution is 2.30. The highest BCUT2D eigenvalue weighted by molar-refractivity contribution is 7.89. The Hall–Kier alpha value is -1.73. The molecule has 0 aliphatic rings. The van der Waals surface area contributed by atoms with Gasteiger partial charge in [0.25, 0.3) is 0 Å². The zero-order valence-corrected chi connectivity index (χ0v) is 15.7. The van der Waals surface area contributed by atoms with Gasteiger partial charge in [-0.15, -0.1) is 0 Å². The molecule has 5 nitrogen and oxygen atoms in total. The van der Waals surface area contributed by atoms with E-state index < -0.39 is 10.0 Å². The van der Waals surface area contributed by atoms with Crippen LogP contribution in [-0.2, 0) is 16.6 Å². The first kappa shape index (κ1) is 18.1. The summed E-state index contributed by atoms with van der Waals surface area (Å²) < 4.78 is 27.4. The molecule has 0 aliphatic carbocycles. The van der Waals surface area contributed by atoms with E-state index >= 15 is 0 Å². The molecule has 0 aliphatic heterocycles. The third-order valence-electron chi connectivity index (χ3n) is 3.83. The monoisotopic (exact) mass is 395 g/mol. The van der Waals surface area contributed by atoms with Crippen molar-refractivity contribution in [3.8, 4) is 0 Å². The number of aromatic nitrogens is 2. The Morgan fingerprint density at radius 2 is 1.92 bits per heavy atom. The van der Waals surface area contributed by atoms with Crippen molar-refractivity contribution in [2.75, 3.05) is 6.54 Å². The first-order valence-corrected chi connectivity index (χ1v) is 9.76. The summed E-state index contributed by atoms with van der Waals surface area (Å²) in [6.45, 7) is 2.36. The van der Waals surface area contributed by atoms with Crippen LogP contribution in [0.15, 0.2) is 53.8 Å². The van der Waals surface area contributed by atoms with E-state index in [-0.39, 0.29) is 16.6 Å². The highest BCUT2D eigenvalue weighted by atomic mass is 35.5. The van der Waals surface area contributed by atoms with Crippen molar-refractivity contribution in [3.05, 3.63) is 64.7 Å². The molecule has 3 rings (SSSR count). The van der Waals surface area contributed by atoms with E-state index in [1.807, 2.05) is 6.07 Å². The van der Waals surface area contributed by atoms with Crippen molar-refractivity contribution in [1.82, 2.24) is 14.3 Å². The number of rotatable bonds is 5. The Balaban J connectivity index is 2.03. The number of hydrogen-bond acceptors (Lipinski definition) is 4. The molecule has 25 heavy (non-hydrogen) atoms. The fraction of sp³-hybridized carbons (Fsp3) is 0.176. The van der Waals surface area contributed by atoms with E-state index in [1.165, 1.54) is 22.6 Å². The van der Waals surface area contributed by atoms with Gasteiger partial charge < -0.3 is 0 Å². The van der Waals surface area contributed by atoms with Gasteiger partial charge >= 0.3 is 0 Å². The van der Waals surface area contributed by atoms with Gasteiger partial charge in [-0.2, -0.15) is 4.31 Å². The predicted molar refractivity (Wildman–Crippen MR) is 99.3 cm³/mol. The molecule has 2 heterocycles. The summed E-state index contributed by atoms with van der Waals surface area (Å²) in [7, 11) is -3.69. The number of hydrogen-bond donors (Lipinski definition) is 0. The quantitative estimate of drug-likeness (QED) is 0.608. The van der Waals surface area contributed by atoms with E-state index in [2.05, 4.69) is 9.97 Å². The second kappa shape index (κ2) is 7.25. The molecule has 0 bridgehead atoms. The maximum Gasteiger partial charge on any atom is 0.243 e. The lowest BCUT2D eigenvalue weighted by atomic mass is 10.2. The Morgan fingerprint density at radius 1 is 1.12 bits per heavy atom. The number of pyridine rings is 2. The molecule has 0 saturated heterocycles. The minimum atomic E-state index is -3.69. The first-order valence-electron chi connectivity index (χ1n) is 7.56. The van der Waals surface area contributed by atoms with Crippen LogP contribution in [0.4, 0.5) is 0 Å². The number of fused-ring (bicyclic) bond motifs is 1. The van der Waals surface area contributed by atoms with Crippen LogP contribution in [0.25, 0.3) is 10.8 Å². The van der Waals surface area contributed by atoms with Crippen molar-refractivity contribution in [3.63, 3.8) is 0 Å². The topological polar surface area (TPSA) is 63.2 Å². The number of benzene rings is 1. The predicted octanol–water partition coefficient (Wildman–Crippen LogP) is 4.15. The second-order valence-electron chi connectivity index (χ2n) is 5.40. The molecule has 0 unspecified atom stereocenters. The Labute approximate surface area is 156 Å². The minimum Gasteiger partial charge on any atom is -0.264 e. The van der Waals surface area contributed by atoms with Crippen LogP contribution in [-0.4, -0.2) is 29.2 Å². The first-order chi connectivity index (χ1) is 11.9. The van der Waals surface area contributed by atoms with Crippen molar-refractivity contribution in [2.45, 2.75) is 18.4 Å². The maximum atomic E-state index is 13.0. The van der Waals surface area contributed by atoms with Crippen LogP contribution < -0.4 is 0 Å². The van der Waals surface area contributed by atoms with Gasteiger partial charge in [-0.05, 0) is 23.8 Å². The molecule has 2 aromatic heterocycles. The Morgan fingerprint density at radius 3 is 2.60 bits per heavy atom. The molecule has 0 fully saturated rings. The minimum absolute atomic E-state index is 0.150. The Bertz CT molecular complexity index is 1010. The summed E-state index contributed by atoms with van der Waals surface area (Å²) in [6.07, 6.45) is 4.75. The van der Waals surface area contributed by atoms with Crippen LogP contribution in [0.5, 0.6) is 0 Å². The molecule has 3 aromatic rings. The zero-order valence-electron chi connectivity index (χ0n) is 13.4. The van der Waals surface area contributed by atoms with E-state index in [1.54, 1.807) is 31.5 Å². The molecule has 8 heteroatoms. The van der Waals surface area contributed by atoms with Gasteiger partial charge in [0, 0.05) is 42.5 Å². The summed E-state index contributed by atoms with van der Waals surface area (Å²) in [4.78, 5) is 8.16. The fourth-order valence-electron chi connectivity index (χ4n) is 2.53. The average Bonchev–Trinajstić information content (AvgIpc) is 2.63. The van der Waals surface area contributed by atoms with Crippen molar-refractivity contribution < 1.29 is 8.42 Å². The lowest BCUT2D eigenvalue weighted by Crippen LogP contribution is -2.30. The molecular formula is C17H15Cl2N3O2S. The molecule has 0 spiro atoms. The third kappa shape index (κ3) is 3.62. The highest BCUT2D eigenvalue weighted by Gasteiger charge is 2.24. The van der Waals surface area contributed by atoms with Crippen molar-refractivity contribution in [1.29, 1.82) is 0 Å². The SMILES string of the molecule is CCN(Cc1cccnc1)S(=O)(=O)c1ccc2c(Cl)cnc(Cl)c2c1. The number of sulfonamides is 1. The second-order valence-corrected chi connectivity index (χ2v) is 8.10. The molecule has 0 saturated carbocycles. The van der Waals surface area contributed by atoms with Crippen LogP contribution in [0.3, 0.4) is 0 Å². The normalized spacial score (nSPS) is 12.0.